The Kier molecular flexibility index (Phi) is 3.83. The van der Waals surface area contributed by atoms with Gasteiger partial charge < -0.3 is 10.4 Å². The fraction of sp³-hybridized carbons (Fsp3) is 0.667. The van der Waals surface area contributed by atoms with Crippen molar-refractivity contribution in [1.82, 2.24) is 15.2 Å². The highest BCUT2D eigenvalue weighted by Gasteiger charge is 2.17. The molecule has 0 unspecified atom stereocenters. The Hall–Kier alpha value is -1.63. The van der Waals surface area contributed by atoms with Crippen LogP contribution in [-0.4, -0.2) is 33.4 Å². The maximum absolute atomic E-state index is 11.3. The number of aromatic nitrogens is 3. The van der Waals surface area contributed by atoms with Crippen molar-refractivity contribution in [1.29, 1.82) is 0 Å². The summed E-state index contributed by atoms with van der Waals surface area (Å²) in [5.74, 6) is 0.0746. The fourth-order valence-electron chi connectivity index (χ4n) is 1.18. The summed E-state index contributed by atoms with van der Waals surface area (Å²) >= 11 is 0. The van der Waals surface area contributed by atoms with E-state index in [4.69, 9.17) is 5.11 Å². The topological polar surface area (TPSA) is 111 Å². The van der Waals surface area contributed by atoms with Crippen molar-refractivity contribution in [2.24, 2.45) is 5.41 Å². The van der Waals surface area contributed by atoms with E-state index >= 15 is 0 Å². The molecule has 1 heterocycles. The first-order chi connectivity index (χ1) is 7.44. The SMILES string of the molecule is CC(C)(CCO)CNc1n[nH]c(=O)[nH]c1=O. The lowest BCUT2D eigenvalue weighted by molar-refractivity contribution is 0.220. The predicted octanol–water partition coefficient (Wildman–Crippen LogP) is -0.721. The molecule has 0 aliphatic rings. The average Bonchev–Trinajstić information content (AvgIpc) is 2.16. The Labute approximate surface area is 91.9 Å². The first-order valence-corrected chi connectivity index (χ1v) is 4.98. The molecule has 90 valence electrons. The first-order valence-electron chi connectivity index (χ1n) is 4.98. The molecule has 0 saturated heterocycles. The molecule has 0 fully saturated rings. The molecule has 0 radical (unpaired) electrons. The third kappa shape index (κ3) is 3.50. The smallest absolute Gasteiger partial charge is 0.342 e. The van der Waals surface area contributed by atoms with Gasteiger partial charge in [0.2, 0.25) is 5.82 Å². The van der Waals surface area contributed by atoms with E-state index in [0.717, 1.165) is 0 Å². The number of hydrogen-bond acceptors (Lipinski definition) is 5. The van der Waals surface area contributed by atoms with E-state index in [-0.39, 0.29) is 17.8 Å². The molecule has 0 bridgehead atoms. The Morgan fingerprint density at radius 3 is 2.69 bits per heavy atom. The summed E-state index contributed by atoms with van der Waals surface area (Å²) in [5.41, 5.74) is -1.34. The third-order valence-electron chi connectivity index (χ3n) is 2.23. The zero-order valence-corrected chi connectivity index (χ0v) is 9.33. The van der Waals surface area contributed by atoms with Crippen LogP contribution in [0.5, 0.6) is 0 Å². The monoisotopic (exact) mass is 228 g/mol. The number of anilines is 1. The molecule has 1 aromatic rings. The van der Waals surface area contributed by atoms with Gasteiger partial charge in [-0.15, -0.1) is 5.10 Å². The normalized spacial score (nSPS) is 11.4. The van der Waals surface area contributed by atoms with Crippen molar-refractivity contribution in [3.8, 4) is 0 Å². The van der Waals surface area contributed by atoms with Gasteiger partial charge in [0, 0.05) is 13.2 Å². The van der Waals surface area contributed by atoms with E-state index in [2.05, 4.69) is 20.5 Å². The summed E-state index contributed by atoms with van der Waals surface area (Å²) < 4.78 is 0. The van der Waals surface area contributed by atoms with Crippen LogP contribution >= 0.6 is 0 Å². The maximum Gasteiger partial charge on any atom is 0.342 e. The zero-order valence-electron chi connectivity index (χ0n) is 9.33. The summed E-state index contributed by atoms with van der Waals surface area (Å²) in [7, 11) is 0. The molecule has 0 aliphatic carbocycles. The number of H-pyrrole nitrogens is 2. The van der Waals surface area contributed by atoms with Crippen LogP contribution < -0.4 is 16.6 Å². The van der Waals surface area contributed by atoms with E-state index in [9.17, 15) is 9.59 Å². The second kappa shape index (κ2) is 4.93. The molecule has 0 aliphatic heterocycles. The lowest BCUT2D eigenvalue weighted by Crippen LogP contribution is -2.31. The highest BCUT2D eigenvalue weighted by molar-refractivity contribution is 5.28. The van der Waals surface area contributed by atoms with Gasteiger partial charge in [-0.2, -0.15) is 0 Å². The van der Waals surface area contributed by atoms with Crippen LogP contribution in [0.2, 0.25) is 0 Å². The van der Waals surface area contributed by atoms with E-state index in [1.165, 1.54) is 0 Å². The number of aliphatic hydroxyl groups excluding tert-OH is 1. The maximum atomic E-state index is 11.3. The third-order valence-corrected chi connectivity index (χ3v) is 2.23. The minimum atomic E-state index is -0.634. The number of aliphatic hydroxyl groups is 1. The number of nitrogens with zero attached hydrogens (tertiary/aromatic N) is 1. The van der Waals surface area contributed by atoms with Gasteiger partial charge in [-0.05, 0) is 11.8 Å². The standard InChI is InChI=1S/C9H16N4O3/c1-9(2,3-4-14)5-10-6-7(15)11-8(16)13-12-6/h14H,3-5H2,1-2H3,(H,10,12)(H2,11,13,15,16). The molecule has 1 aromatic heterocycles. The van der Waals surface area contributed by atoms with Gasteiger partial charge in [0.25, 0.3) is 5.56 Å². The Bertz CT molecular complexity index is 449. The fourth-order valence-corrected chi connectivity index (χ4v) is 1.18. The van der Waals surface area contributed by atoms with E-state index < -0.39 is 11.2 Å². The predicted molar refractivity (Wildman–Crippen MR) is 59.5 cm³/mol. The number of nitrogens with one attached hydrogen (secondary N) is 3. The lowest BCUT2D eigenvalue weighted by atomic mass is 9.90. The Morgan fingerprint density at radius 2 is 2.12 bits per heavy atom. The molecule has 7 nitrogen and oxygen atoms in total. The van der Waals surface area contributed by atoms with Gasteiger partial charge in [0.15, 0.2) is 0 Å². The molecule has 0 aromatic carbocycles. The van der Waals surface area contributed by atoms with Crippen molar-refractivity contribution in [3.63, 3.8) is 0 Å². The summed E-state index contributed by atoms with van der Waals surface area (Å²) in [5, 5.41) is 17.4. The van der Waals surface area contributed by atoms with Crippen LogP contribution in [0.3, 0.4) is 0 Å². The molecule has 0 atom stereocenters. The van der Waals surface area contributed by atoms with Crippen molar-refractivity contribution in [2.45, 2.75) is 20.3 Å². The summed E-state index contributed by atoms with van der Waals surface area (Å²) in [6.07, 6.45) is 0.612. The van der Waals surface area contributed by atoms with E-state index in [1.807, 2.05) is 13.8 Å². The molecule has 16 heavy (non-hydrogen) atoms. The zero-order chi connectivity index (χ0) is 12.2. The van der Waals surface area contributed by atoms with Crippen LogP contribution in [0, 0.1) is 5.41 Å². The highest BCUT2D eigenvalue weighted by atomic mass is 16.3. The van der Waals surface area contributed by atoms with Crippen LogP contribution in [0.4, 0.5) is 5.82 Å². The average molecular weight is 228 g/mol. The van der Waals surface area contributed by atoms with Gasteiger partial charge in [0.05, 0.1) is 0 Å². The van der Waals surface area contributed by atoms with Gasteiger partial charge in [0.1, 0.15) is 0 Å². The van der Waals surface area contributed by atoms with Crippen LogP contribution in [-0.2, 0) is 0 Å². The largest absolute Gasteiger partial charge is 0.396 e. The molecule has 0 saturated carbocycles. The summed E-state index contributed by atoms with van der Waals surface area (Å²) in [6.45, 7) is 4.48. The van der Waals surface area contributed by atoms with Crippen molar-refractivity contribution in [3.05, 3.63) is 20.8 Å². The van der Waals surface area contributed by atoms with Crippen LogP contribution in [0.1, 0.15) is 20.3 Å². The first kappa shape index (κ1) is 12.4. The Morgan fingerprint density at radius 1 is 1.44 bits per heavy atom. The van der Waals surface area contributed by atoms with Crippen molar-refractivity contribution >= 4 is 5.82 Å². The summed E-state index contributed by atoms with van der Waals surface area (Å²) in [6, 6.07) is 0. The van der Waals surface area contributed by atoms with Gasteiger partial charge in [-0.3, -0.25) is 9.78 Å². The second-order valence-electron chi connectivity index (χ2n) is 4.35. The Balaban J connectivity index is 2.68. The molecular formula is C9H16N4O3. The minimum Gasteiger partial charge on any atom is -0.396 e. The van der Waals surface area contributed by atoms with E-state index in [0.29, 0.717) is 13.0 Å². The van der Waals surface area contributed by atoms with Gasteiger partial charge in [-0.25, -0.2) is 9.89 Å². The van der Waals surface area contributed by atoms with Crippen LogP contribution in [0.15, 0.2) is 9.59 Å². The number of rotatable bonds is 5. The van der Waals surface area contributed by atoms with Gasteiger partial charge in [-0.1, -0.05) is 13.8 Å². The van der Waals surface area contributed by atoms with Crippen molar-refractivity contribution in [2.75, 3.05) is 18.5 Å². The van der Waals surface area contributed by atoms with Crippen molar-refractivity contribution < 1.29 is 5.11 Å². The van der Waals surface area contributed by atoms with E-state index in [1.54, 1.807) is 0 Å². The molecular weight excluding hydrogens is 212 g/mol. The number of hydrogen-bond donors (Lipinski definition) is 4. The van der Waals surface area contributed by atoms with Crippen LogP contribution in [0.25, 0.3) is 0 Å². The lowest BCUT2D eigenvalue weighted by Gasteiger charge is -2.23. The molecule has 4 N–H and O–H groups in total. The summed E-state index contributed by atoms with van der Waals surface area (Å²) in [4.78, 5) is 24.0. The quantitative estimate of drug-likeness (QED) is 0.531. The van der Waals surface area contributed by atoms with Gasteiger partial charge >= 0.3 is 5.69 Å². The number of aromatic amines is 2. The minimum absolute atomic E-state index is 0.0746. The molecule has 1 rings (SSSR count). The molecule has 0 amide bonds. The molecule has 0 spiro atoms. The second-order valence-corrected chi connectivity index (χ2v) is 4.35. The highest BCUT2D eigenvalue weighted by Crippen LogP contribution is 2.19. The molecule has 7 heteroatoms.